The largest absolute Gasteiger partial charge is 0.312 e. The number of rotatable bonds is 7. The predicted octanol–water partition coefficient (Wildman–Crippen LogP) is 7.11. The third kappa shape index (κ3) is 3.93. The minimum Gasteiger partial charge on any atom is -0.312 e. The highest BCUT2D eigenvalue weighted by Crippen LogP contribution is 2.43. The van der Waals surface area contributed by atoms with Crippen LogP contribution in [0.4, 0.5) is 0 Å². The summed E-state index contributed by atoms with van der Waals surface area (Å²) in [5.41, 5.74) is 6.46. The van der Waals surface area contributed by atoms with Gasteiger partial charge in [0, 0.05) is 6.20 Å². The molecular formula is C30H29N5. The molecule has 1 atom stereocenters. The van der Waals surface area contributed by atoms with Gasteiger partial charge >= 0.3 is 0 Å². The van der Waals surface area contributed by atoms with Crippen molar-refractivity contribution in [3.8, 4) is 0 Å². The number of aromatic nitrogens is 3. The quantitative estimate of drug-likeness (QED) is 0.192. The summed E-state index contributed by atoms with van der Waals surface area (Å²) in [4.78, 5) is 9.98. The first kappa shape index (κ1) is 22.7. The van der Waals surface area contributed by atoms with Crippen LogP contribution in [0.1, 0.15) is 47.8 Å². The fraction of sp³-hybridized carbons (Fsp3) is 0.200. The number of azo groups is 1. The maximum atomic E-state index is 5.01. The average molecular weight is 460 g/mol. The Labute approximate surface area is 206 Å². The Balaban J connectivity index is 1.85. The van der Waals surface area contributed by atoms with Gasteiger partial charge in [-0.25, -0.2) is 9.97 Å². The van der Waals surface area contributed by atoms with Crippen LogP contribution in [0.2, 0.25) is 0 Å². The van der Waals surface area contributed by atoms with Crippen molar-refractivity contribution in [3.05, 3.63) is 131 Å². The van der Waals surface area contributed by atoms with E-state index in [0.717, 1.165) is 39.1 Å². The van der Waals surface area contributed by atoms with E-state index >= 15 is 0 Å². The van der Waals surface area contributed by atoms with Gasteiger partial charge in [0.2, 0.25) is 0 Å². The molecule has 0 aliphatic carbocycles. The van der Waals surface area contributed by atoms with E-state index in [1.54, 1.807) is 0 Å². The molecule has 0 radical (unpaired) electrons. The van der Waals surface area contributed by atoms with E-state index < -0.39 is 5.54 Å². The Bertz CT molecular complexity index is 1340. The number of nitrogens with zero attached hydrogens (tertiary/aromatic N) is 5. The monoisotopic (exact) mass is 459 g/mol. The van der Waals surface area contributed by atoms with Crippen molar-refractivity contribution in [2.45, 2.75) is 32.4 Å². The van der Waals surface area contributed by atoms with Crippen LogP contribution in [0, 0.1) is 6.92 Å². The normalized spacial score (nSPS) is 12.9. The zero-order valence-electron chi connectivity index (χ0n) is 20.3. The molecule has 5 aromatic rings. The summed E-state index contributed by atoms with van der Waals surface area (Å²) < 4.78 is 2.28. The summed E-state index contributed by atoms with van der Waals surface area (Å²) in [6, 6.07) is 31.7. The zero-order valence-corrected chi connectivity index (χ0v) is 20.3. The maximum Gasteiger partial charge on any atom is 0.160 e. The number of hydrogen-bond donors (Lipinski definition) is 0. The van der Waals surface area contributed by atoms with E-state index in [1.165, 1.54) is 0 Å². The summed E-state index contributed by atoms with van der Waals surface area (Å²) in [6.07, 6.45) is 4.02. The van der Waals surface area contributed by atoms with Crippen molar-refractivity contribution in [2.75, 3.05) is 6.54 Å². The third-order valence-electron chi connectivity index (χ3n) is 6.46. The molecule has 1 unspecified atom stereocenters. The highest BCUT2D eigenvalue weighted by molar-refractivity contribution is 5.77. The van der Waals surface area contributed by atoms with Gasteiger partial charge in [-0.1, -0.05) is 91.0 Å². The predicted molar refractivity (Wildman–Crippen MR) is 141 cm³/mol. The third-order valence-corrected chi connectivity index (χ3v) is 6.46. The molecule has 5 rings (SSSR count). The van der Waals surface area contributed by atoms with Crippen LogP contribution in [-0.2, 0) is 5.54 Å². The van der Waals surface area contributed by atoms with Crippen LogP contribution in [0.3, 0.4) is 0 Å². The molecular weight excluding hydrogens is 430 g/mol. The highest BCUT2D eigenvalue weighted by atomic mass is 15.1. The Morgan fingerprint density at radius 3 is 1.83 bits per heavy atom. The van der Waals surface area contributed by atoms with Crippen molar-refractivity contribution in [2.24, 2.45) is 10.2 Å². The van der Waals surface area contributed by atoms with Crippen molar-refractivity contribution in [1.82, 2.24) is 14.5 Å². The summed E-state index contributed by atoms with van der Waals surface area (Å²) >= 11 is 0. The summed E-state index contributed by atoms with van der Waals surface area (Å²) in [7, 11) is 0. The van der Waals surface area contributed by atoms with Gasteiger partial charge in [0.15, 0.2) is 5.65 Å². The second kappa shape index (κ2) is 9.63. The van der Waals surface area contributed by atoms with Crippen LogP contribution >= 0.6 is 0 Å². The fourth-order valence-corrected chi connectivity index (χ4v) is 4.83. The zero-order chi connectivity index (χ0) is 24.3. The van der Waals surface area contributed by atoms with Gasteiger partial charge in [-0.05, 0) is 43.0 Å². The van der Waals surface area contributed by atoms with Crippen LogP contribution in [0.15, 0.2) is 114 Å². The van der Waals surface area contributed by atoms with Gasteiger partial charge in [-0.2, -0.15) is 10.2 Å². The molecule has 2 aromatic heterocycles. The van der Waals surface area contributed by atoms with E-state index in [-0.39, 0.29) is 6.04 Å². The number of aryl methyl sites for hydroxylation is 1. The first-order valence-corrected chi connectivity index (χ1v) is 12.0. The number of benzene rings is 3. The molecule has 0 amide bonds. The fourth-order valence-electron chi connectivity index (χ4n) is 4.83. The molecule has 174 valence electrons. The number of fused-ring (bicyclic) bond motifs is 1. The first-order valence-electron chi connectivity index (χ1n) is 12.0. The van der Waals surface area contributed by atoms with Crippen molar-refractivity contribution in [3.63, 3.8) is 0 Å². The van der Waals surface area contributed by atoms with E-state index in [1.807, 2.05) is 20.0 Å². The second-order valence-corrected chi connectivity index (χ2v) is 8.71. The first-order chi connectivity index (χ1) is 17.2. The van der Waals surface area contributed by atoms with Crippen molar-refractivity contribution in [1.29, 1.82) is 0 Å². The van der Waals surface area contributed by atoms with Crippen LogP contribution < -0.4 is 0 Å². The topological polar surface area (TPSA) is 55.4 Å². The van der Waals surface area contributed by atoms with Crippen LogP contribution in [-0.4, -0.2) is 21.1 Å². The van der Waals surface area contributed by atoms with Gasteiger partial charge in [-0.15, -0.1) is 0 Å². The summed E-state index contributed by atoms with van der Waals surface area (Å²) in [5.74, 6) is 0. The SMILES string of the molecule is CCN=NC(C)c1cnc2c(n1)c(C)cn2C(c1ccccc1)(c1ccccc1)c1ccccc1. The highest BCUT2D eigenvalue weighted by Gasteiger charge is 2.39. The van der Waals surface area contributed by atoms with Crippen molar-refractivity contribution < 1.29 is 0 Å². The van der Waals surface area contributed by atoms with E-state index in [0.29, 0.717) is 6.54 Å². The molecule has 0 bridgehead atoms. The molecule has 0 saturated heterocycles. The lowest BCUT2D eigenvalue weighted by Crippen LogP contribution is -2.37. The molecule has 0 saturated carbocycles. The maximum absolute atomic E-state index is 5.01. The lowest BCUT2D eigenvalue weighted by Gasteiger charge is -2.38. The Morgan fingerprint density at radius 2 is 1.34 bits per heavy atom. The molecule has 5 nitrogen and oxygen atoms in total. The lowest BCUT2D eigenvalue weighted by atomic mass is 9.76. The molecule has 0 fully saturated rings. The van der Waals surface area contributed by atoms with Gasteiger partial charge in [0.1, 0.15) is 17.1 Å². The van der Waals surface area contributed by atoms with E-state index in [2.05, 4.69) is 119 Å². The van der Waals surface area contributed by atoms with Crippen LogP contribution in [0.25, 0.3) is 11.2 Å². The molecule has 0 aliphatic heterocycles. The molecule has 5 heteroatoms. The smallest absolute Gasteiger partial charge is 0.160 e. The molecule has 0 spiro atoms. The van der Waals surface area contributed by atoms with E-state index in [4.69, 9.17) is 9.97 Å². The van der Waals surface area contributed by atoms with Gasteiger partial charge in [0.05, 0.1) is 18.4 Å². The van der Waals surface area contributed by atoms with Crippen molar-refractivity contribution >= 4 is 11.2 Å². The molecule has 0 N–H and O–H groups in total. The molecule has 2 heterocycles. The summed E-state index contributed by atoms with van der Waals surface area (Å²) in [6.45, 7) is 6.74. The Kier molecular flexibility index (Phi) is 6.23. The van der Waals surface area contributed by atoms with Crippen LogP contribution in [0.5, 0.6) is 0 Å². The molecule has 35 heavy (non-hydrogen) atoms. The Hall–Kier alpha value is -4.12. The standard InChI is InChI=1S/C30H29N5/c1-4-32-34-23(3)27-20-31-29-28(33-27)22(2)21-35(29)30(24-14-8-5-9-15-24,25-16-10-6-11-17-25)26-18-12-7-13-19-26/h5-21,23H,4H2,1-3H3. The minimum atomic E-state index is -0.625. The summed E-state index contributed by atoms with van der Waals surface area (Å²) in [5, 5.41) is 8.53. The Morgan fingerprint density at radius 1 is 0.829 bits per heavy atom. The lowest BCUT2D eigenvalue weighted by molar-refractivity contribution is 0.529. The van der Waals surface area contributed by atoms with Gasteiger partial charge < -0.3 is 4.57 Å². The molecule has 0 aliphatic rings. The minimum absolute atomic E-state index is 0.142. The van der Waals surface area contributed by atoms with E-state index in [9.17, 15) is 0 Å². The molecule has 3 aromatic carbocycles. The second-order valence-electron chi connectivity index (χ2n) is 8.71. The number of hydrogen-bond acceptors (Lipinski definition) is 4. The van der Waals surface area contributed by atoms with Gasteiger partial charge in [0.25, 0.3) is 0 Å². The van der Waals surface area contributed by atoms with Gasteiger partial charge in [-0.3, -0.25) is 0 Å². The average Bonchev–Trinajstić information content (AvgIpc) is 3.25.